The number of nitrogens with zero attached hydrogens (tertiary/aromatic N) is 2. The Labute approximate surface area is 168 Å². The molecule has 0 spiro atoms. The van der Waals surface area contributed by atoms with Gasteiger partial charge in [-0.1, -0.05) is 6.07 Å². The molecule has 0 atom stereocenters. The minimum absolute atomic E-state index is 0. The van der Waals surface area contributed by atoms with Crippen LogP contribution in [0.4, 0.5) is 0 Å². The van der Waals surface area contributed by atoms with Crippen LogP contribution in [0.5, 0.6) is 0 Å². The first-order chi connectivity index (χ1) is 10.8. The molecule has 0 radical (unpaired) electrons. The SMILES string of the molecule is Cl.Cl.Cl.O=C(CNCC1CC1)NC1CCN(Cc2ccccn2)CC1. The zero-order chi connectivity index (χ0) is 15.2. The number of hydrogen-bond acceptors (Lipinski definition) is 4. The third-order valence-electron chi connectivity index (χ3n) is 4.48. The lowest BCUT2D eigenvalue weighted by Crippen LogP contribution is -2.46. The number of halogens is 3. The van der Waals surface area contributed by atoms with Gasteiger partial charge < -0.3 is 10.6 Å². The largest absolute Gasteiger partial charge is 0.352 e. The Hall–Kier alpha value is -0.590. The maximum absolute atomic E-state index is 11.9. The summed E-state index contributed by atoms with van der Waals surface area (Å²) >= 11 is 0. The van der Waals surface area contributed by atoms with E-state index in [1.165, 1.54) is 12.8 Å². The van der Waals surface area contributed by atoms with Gasteiger partial charge in [0.2, 0.25) is 5.91 Å². The third-order valence-corrected chi connectivity index (χ3v) is 4.48. The summed E-state index contributed by atoms with van der Waals surface area (Å²) in [5, 5.41) is 6.40. The van der Waals surface area contributed by atoms with E-state index in [1.54, 1.807) is 0 Å². The van der Waals surface area contributed by atoms with Gasteiger partial charge in [-0.2, -0.15) is 0 Å². The Morgan fingerprint density at radius 2 is 1.84 bits per heavy atom. The first kappa shape index (κ1) is 24.4. The monoisotopic (exact) mass is 410 g/mol. The maximum Gasteiger partial charge on any atom is 0.234 e. The molecule has 1 aliphatic heterocycles. The van der Waals surface area contributed by atoms with Gasteiger partial charge in [0.1, 0.15) is 0 Å². The van der Waals surface area contributed by atoms with Gasteiger partial charge in [-0.25, -0.2) is 0 Å². The first-order valence-electron chi connectivity index (χ1n) is 8.42. The predicted molar refractivity (Wildman–Crippen MR) is 108 cm³/mol. The van der Waals surface area contributed by atoms with E-state index in [-0.39, 0.29) is 43.1 Å². The first-order valence-corrected chi connectivity index (χ1v) is 8.42. The Bertz CT molecular complexity index is 480. The summed E-state index contributed by atoms with van der Waals surface area (Å²) in [5.74, 6) is 0.964. The molecule has 1 amide bonds. The Morgan fingerprint density at radius 3 is 2.44 bits per heavy atom. The molecule has 1 saturated heterocycles. The maximum atomic E-state index is 11.9. The van der Waals surface area contributed by atoms with Crippen molar-refractivity contribution in [1.82, 2.24) is 20.5 Å². The normalized spacial score (nSPS) is 17.6. The standard InChI is InChI=1S/C17H26N4O.3ClH/c22-17(12-18-11-14-4-5-14)20-15-6-9-21(10-7-15)13-16-3-1-2-8-19-16;;;/h1-3,8,14-15,18H,4-7,9-13H2,(H,20,22);3*1H. The second-order valence-electron chi connectivity index (χ2n) is 6.51. The van der Waals surface area contributed by atoms with Crippen LogP contribution in [0.1, 0.15) is 31.4 Å². The number of aromatic nitrogens is 1. The number of pyridine rings is 1. The van der Waals surface area contributed by atoms with Crippen molar-refractivity contribution in [3.8, 4) is 0 Å². The lowest BCUT2D eigenvalue weighted by Gasteiger charge is -2.32. The van der Waals surface area contributed by atoms with Gasteiger partial charge in [-0.05, 0) is 50.3 Å². The van der Waals surface area contributed by atoms with Crippen LogP contribution in [0, 0.1) is 5.92 Å². The van der Waals surface area contributed by atoms with Crippen molar-refractivity contribution >= 4 is 43.1 Å². The third kappa shape index (κ3) is 9.06. The number of hydrogen-bond donors (Lipinski definition) is 2. The summed E-state index contributed by atoms with van der Waals surface area (Å²) in [4.78, 5) is 18.7. The van der Waals surface area contributed by atoms with E-state index in [1.807, 2.05) is 18.3 Å². The molecule has 5 nitrogen and oxygen atoms in total. The average molecular weight is 412 g/mol. The lowest BCUT2D eigenvalue weighted by molar-refractivity contribution is -0.121. The van der Waals surface area contributed by atoms with E-state index >= 15 is 0 Å². The van der Waals surface area contributed by atoms with Gasteiger partial charge in [0.25, 0.3) is 0 Å². The van der Waals surface area contributed by atoms with Gasteiger partial charge in [0, 0.05) is 31.9 Å². The van der Waals surface area contributed by atoms with Crippen molar-refractivity contribution in [2.24, 2.45) is 5.92 Å². The van der Waals surface area contributed by atoms with E-state index in [0.29, 0.717) is 12.6 Å². The molecule has 2 heterocycles. The number of likely N-dealkylation sites (tertiary alicyclic amines) is 1. The molecule has 1 saturated carbocycles. The van der Waals surface area contributed by atoms with Crippen LogP contribution in [0.2, 0.25) is 0 Å². The highest BCUT2D eigenvalue weighted by Crippen LogP contribution is 2.27. The van der Waals surface area contributed by atoms with Crippen LogP contribution in [0.25, 0.3) is 0 Å². The predicted octanol–water partition coefficient (Wildman–Crippen LogP) is 2.43. The van der Waals surface area contributed by atoms with E-state index in [0.717, 1.165) is 50.6 Å². The highest BCUT2D eigenvalue weighted by Gasteiger charge is 2.22. The fraction of sp³-hybridized carbons (Fsp3) is 0.647. The number of amides is 1. The zero-order valence-corrected chi connectivity index (χ0v) is 16.8. The highest BCUT2D eigenvalue weighted by atomic mass is 35.5. The Balaban J connectivity index is 0.00000192. The van der Waals surface area contributed by atoms with E-state index in [2.05, 4.69) is 26.6 Å². The summed E-state index contributed by atoms with van der Waals surface area (Å²) in [6.45, 7) is 4.42. The van der Waals surface area contributed by atoms with Crippen molar-refractivity contribution in [3.63, 3.8) is 0 Å². The van der Waals surface area contributed by atoms with Gasteiger partial charge in [-0.3, -0.25) is 14.7 Å². The number of carbonyl (C=O) groups excluding carboxylic acids is 1. The van der Waals surface area contributed by atoms with Crippen molar-refractivity contribution < 1.29 is 4.79 Å². The molecule has 2 aliphatic rings. The Kier molecular flexibility index (Phi) is 12.4. The molecule has 0 bridgehead atoms. The molecule has 1 aliphatic carbocycles. The molecular weight excluding hydrogens is 383 g/mol. The van der Waals surface area contributed by atoms with Crippen molar-refractivity contribution in [3.05, 3.63) is 30.1 Å². The molecule has 1 aromatic rings. The van der Waals surface area contributed by atoms with Crippen LogP contribution in [-0.2, 0) is 11.3 Å². The molecule has 0 unspecified atom stereocenters. The average Bonchev–Trinajstić information content (AvgIpc) is 3.35. The molecule has 8 heteroatoms. The van der Waals surface area contributed by atoms with Crippen LogP contribution >= 0.6 is 37.2 Å². The fourth-order valence-electron chi connectivity index (χ4n) is 2.95. The van der Waals surface area contributed by atoms with Crippen LogP contribution < -0.4 is 10.6 Å². The Morgan fingerprint density at radius 1 is 1.12 bits per heavy atom. The van der Waals surface area contributed by atoms with Crippen molar-refractivity contribution in [2.75, 3.05) is 26.2 Å². The van der Waals surface area contributed by atoms with Gasteiger partial charge in [-0.15, -0.1) is 37.2 Å². The summed E-state index contributed by atoms with van der Waals surface area (Å²) in [6.07, 6.45) is 6.55. The summed E-state index contributed by atoms with van der Waals surface area (Å²) in [7, 11) is 0. The van der Waals surface area contributed by atoms with Crippen LogP contribution in [0.3, 0.4) is 0 Å². The number of piperidine rings is 1. The minimum atomic E-state index is 0. The van der Waals surface area contributed by atoms with Crippen molar-refractivity contribution in [1.29, 1.82) is 0 Å². The molecule has 1 aromatic heterocycles. The van der Waals surface area contributed by atoms with Crippen LogP contribution in [0.15, 0.2) is 24.4 Å². The molecule has 3 rings (SSSR count). The van der Waals surface area contributed by atoms with Crippen LogP contribution in [-0.4, -0.2) is 48.0 Å². The number of rotatable bonds is 7. The second kappa shape index (κ2) is 12.7. The number of nitrogens with one attached hydrogen (secondary N) is 2. The van der Waals surface area contributed by atoms with Gasteiger partial charge in [0.15, 0.2) is 0 Å². The summed E-state index contributed by atoms with van der Waals surface area (Å²) < 4.78 is 0. The van der Waals surface area contributed by atoms with E-state index < -0.39 is 0 Å². The smallest absolute Gasteiger partial charge is 0.234 e. The molecule has 0 aromatic carbocycles. The summed E-state index contributed by atoms with van der Waals surface area (Å²) in [5.41, 5.74) is 1.12. The quantitative estimate of drug-likeness (QED) is 0.723. The van der Waals surface area contributed by atoms with Gasteiger partial charge in [0.05, 0.1) is 12.2 Å². The van der Waals surface area contributed by atoms with Gasteiger partial charge >= 0.3 is 0 Å². The lowest BCUT2D eigenvalue weighted by atomic mass is 10.0. The molecule has 2 N–H and O–H groups in total. The fourth-order valence-corrected chi connectivity index (χ4v) is 2.95. The number of carbonyl (C=O) groups is 1. The molecule has 2 fully saturated rings. The molecule has 25 heavy (non-hydrogen) atoms. The summed E-state index contributed by atoms with van der Waals surface area (Å²) in [6, 6.07) is 6.38. The topological polar surface area (TPSA) is 57.3 Å². The zero-order valence-electron chi connectivity index (χ0n) is 14.4. The molecule has 144 valence electrons. The van der Waals surface area contributed by atoms with Crippen molar-refractivity contribution in [2.45, 2.75) is 38.3 Å². The highest BCUT2D eigenvalue weighted by molar-refractivity contribution is 5.86. The molecular formula is C17H29Cl3N4O. The van der Waals surface area contributed by atoms with E-state index in [4.69, 9.17) is 0 Å². The second-order valence-corrected chi connectivity index (χ2v) is 6.51. The minimum Gasteiger partial charge on any atom is -0.352 e. The van der Waals surface area contributed by atoms with E-state index in [9.17, 15) is 4.79 Å².